The molecule has 2 nitrogen and oxygen atoms in total. The standard InChI is InChI=1S/C10H9FN2S/c11-9-3-1-7(2-4-9)8-5-10(13-12)14-6-8/h1-6,13H,12H2. The lowest BCUT2D eigenvalue weighted by molar-refractivity contribution is 0.628. The number of halogens is 1. The molecular weight excluding hydrogens is 199 g/mol. The minimum absolute atomic E-state index is 0.221. The van der Waals surface area contributed by atoms with Gasteiger partial charge in [-0.1, -0.05) is 12.1 Å². The Morgan fingerprint density at radius 3 is 2.43 bits per heavy atom. The Bertz CT molecular complexity index is 422. The Morgan fingerprint density at radius 2 is 1.86 bits per heavy atom. The number of nitrogens with two attached hydrogens (primary N) is 1. The molecule has 0 saturated heterocycles. The van der Waals surface area contributed by atoms with Crippen LogP contribution in [-0.2, 0) is 0 Å². The predicted octanol–water partition coefficient (Wildman–Crippen LogP) is 2.84. The first kappa shape index (κ1) is 9.18. The van der Waals surface area contributed by atoms with Crippen molar-refractivity contribution >= 4 is 16.3 Å². The largest absolute Gasteiger partial charge is 0.315 e. The molecule has 2 aromatic rings. The van der Waals surface area contributed by atoms with Crippen LogP contribution in [0.3, 0.4) is 0 Å². The van der Waals surface area contributed by atoms with Crippen molar-refractivity contribution in [2.75, 3.05) is 5.43 Å². The van der Waals surface area contributed by atoms with Crippen LogP contribution in [-0.4, -0.2) is 0 Å². The van der Waals surface area contributed by atoms with Crippen LogP contribution >= 0.6 is 11.3 Å². The first-order chi connectivity index (χ1) is 6.79. The summed E-state index contributed by atoms with van der Waals surface area (Å²) in [4.78, 5) is 0. The molecule has 0 atom stereocenters. The summed E-state index contributed by atoms with van der Waals surface area (Å²) in [5.41, 5.74) is 4.61. The molecule has 0 aliphatic heterocycles. The Labute approximate surface area is 85.2 Å². The normalized spacial score (nSPS) is 10.1. The molecule has 1 aromatic heterocycles. The number of nitrogens with one attached hydrogen (secondary N) is 1. The molecule has 0 amide bonds. The molecule has 0 bridgehead atoms. The third-order valence-electron chi connectivity index (χ3n) is 1.92. The van der Waals surface area contributed by atoms with E-state index in [2.05, 4.69) is 5.43 Å². The summed E-state index contributed by atoms with van der Waals surface area (Å²) in [6.45, 7) is 0. The van der Waals surface area contributed by atoms with Crippen molar-refractivity contribution in [3.05, 3.63) is 41.5 Å². The Balaban J connectivity index is 2.34. The number of hydrogen-bond acceptors (Lipinski definition) is 3. The molecule has 0 fully saturated rings. The van der Waals surface area contributed by atoms with Crippen LogP contribution in [0.4, 0.5) is 9.39 Å². The average molecular weight is 208 g/mol. The lowest BCUT2D eigenvalue weighted by Crippen LogP contribution is -2.04. The van der Waals surface area contributed by atoms with Crippen LogP contribution in [0.2, 0.25) is 0 Å². The number of thiophene rings is 1. The quantitative estimate of drug-likeness (QED) is 0.588. The van der Waals surface area contributed by atoms with Crippen LogP contribution in [0, 0.1) is 5.82 Å². The third kappa shape index (κ3) is 1.76. The van der Waals surface area contributed by atoms with Gasteiger partial charge in [0.05, 0.1) is 0 Å². The van der Waals surface area contributed by atoms with Gasteiger partial charge < -0.3 is 5.43 Å². The average Bonchev–Trinajstić information content (AvgIpc) is 2.67. The van der Waals surface area contributed by atoms with Crippen molar-refractivity contribution in [2.45, 2.75) is 0 Å². The van der Waals surface area contributed by atoms with Gasteiger partial charge in [0.2, 0.25) is 0 Å². The number of benzene rings is 1. The highest BCUT2D eigenvalue weighted by atomic mass is 32.1. The minimum atomic E-state index is -0.221. The van der Waals surface area contributed by atoms with Crippen molar-refractivity contribution in [3.8, 4) is 11.1 Å². The van der Waals surface area contributed by atoms with E-state index in [1.807, 2.05) is 11.4 Å². The molecule has 72 valence electrons. The summed E-state index contributed by atoms with van der Waals surface area (Å²) in [5.74, 6) is 5.04. The van der Waals surface area contributed by atoms with Gasteiger partial charge in [-0.25, -0.2) is 10.2 Å². The second-order valence-electron chi connectivity index (χ2n) is 2.85. The molecule has 0 aliphatic rings. The molecule has 0 radical (unpaired) electrons. The Kier molecular flexibility index (Phi) is 2.47. The van der Waals surface area contributed by atoms with E-state index in [4.69, 9.17) is 5.84 Å². The number of nitrogen functional groups attached to an aromatic ring is 1. The Morgan fingerprint density at radius 1 is 1.14 bits per heavy atom. The number of anilines is 1. The fourth-order valence-corrected chi connectivity index (χ4v) is 1.93. The van der Waals surface area contributed by atoms with Crippen molar-refractivity contribution in [1.29, 1.82) is 0 Å². The smallest absolute Gasteiger partial charge is 0.123 e. The number of rotatable bonds is 2. The predicted molar refractivity (Wildman–Crippen MR) is 57.5 cm³/mol. The molecule has 0 aliphatic carbocycles. The molecule has 0 spiro atoms. The Hall–Kier alpha value is -1.39. The maximum absolute atomic E-state index is 12.6. The highest BCUT2D eigenvalue weighted by Gasteiger charge is 2.01. The second kappa shape index (κ2) is 3.77. The van der Waals surface area contributed by atoms with Gasteiger partial charge in [-0.05, 0) is 29.3 Å². The lowest BCUT2D eigenvalue weighted by Gasteiger charge is -1.96. The molecular formula is C10H9FN2S. The summed E-state index contributed by atoms with van der Waals surface area (Å²) in [5, 5.41) is 2.87. The van der Waals surface area contributed by atoms with Gasteiger partial charge in [0.25, 0.3) is 0 Å². The zero-order valence-electron chi connectivity index (χ0n) is 7.33. The lowest BCUT2D eigenvalue weighted by atomic mass is 10.1. The van der Waals surface area contributed by atoms with Crippen molar-refractivity contribution in [1.82, 2.24) is 0 Å². The van der Waals surface area contributed by atoms with Gasteiger partial charge in [-0.15, -0.1) is 11.3 Å². The summed E-state index contributed by atoms with van der Waals surface area (Å²) in [7, 11) is 0. The van der Waals surface area contributed by atoms with Gasteiger partial charge in [-0.3, -0.25) is 0 Å². The van der Waals surface area contributed by atoms with Crippen molar-refractivity contribution in [2.24, 2.45) is 5.84 Å². The number of hydrogen-bond donors (Lipinski definition) is 2. The van der Waals surface area contributed by atoms with Crippen LogP contribution in [0.1, 0.15) is 0 Å². The molecule has 14 heavy (non-hydrogen) atoms. The van der Waals surface area contributed by atoms with Crippen LogP contribution < -0.4 is 11.3 Å². The highest BCUT2D eigenvalue weighted by molar-refractivity contribution is 7.14. The van der Waals surface area contributed by atoms with Gasteiger partial charge >= 0.3 is 0 Å². The van der Waals surface area contributed by atoms with Crippen LogP contribution in [0.25, 0.3) is 11.1 Å². The molecule has 4 heteroatoms. The van der Waals surface area contributed by atoms with E-state index in [0.29, 0.717) is 0 Å². The van der Waals surface area contributed by atoms with E-state index in [1.54, 1.807) is 12.1 Å². The van der Waals surface area contributed by atoms with Crippen molar-refractivity contribution in [3.63, 3.8) is 0 Å². The second-order valence-corrected chi connectivity index (χ2v) is 3.76. The van der Waals surface area contributed by atoms with Crippen LogP contribution in [0.5, 0.6) is 0 Å². The molecule has 3 N–H and O–H groups in total. The van der Waals surface area contributed by atoms with E-state index in [1.165, 1.54) is 23.5 Å². The number of hydrazine groups is 1. The van der Waals surface area contributed by atoms with Gasteiger partial charge in [0.1, 0.15) is 10.8 Å². The minimum Gasteiger partial charge on any atom is -0.315 e. The van der Waals surface area contributed by atoms with Gasteiger partial charge in [-0.2, -0.15) is 0 Å². The topological polar surface area (TPSA) is 38.0 Å². The molecule has 1 heterocycles. The fourth-order valence-electron chi connectivity index (χ4n) is 1.21. The maximum atomic E-state index is 12.6. The third-order valence-corrected chi connectivity index (χ3v) is 2.78. The van der Waals surface area contributed by atoms with E-state index < -0.39 is 0 Å². The maximum Gasteiger partial charge on any atom is 0.123 e. The van der Waals surface area contributed by atoms with E-state index in [-0.39, 0.29) is 5.82 Å². The first-order valence-electron chi connectivity index (χ1n) is 4.10. The first-order valence-corrected chi connectivity index (χ1v) is 4.98. The van der Waals surface area contributed by atoms with E-state index in [0.717, 1.165) is 16.1 Å². The zero-order chi connectivity index (χ0) is 9.97. The highest BCUT2D eigenvalue weighted by Crippen LogP contribution is 2.28. The zero-order valence-corrected chi connectivity index (χ0v) is 8.14. The molecule has 0 saturated carbocycles. The summed E-state index contributed by atoms with van der Waals surface area (Å²) >= 11 is 1.52. The summed E-state index contributed by atoms with van der Waals surface area (Å²) in [6, 6.07) is 8.32. The monoisotopic (exact) mass is 208 g/mol. The fraction of sp³-hybridized carbons (Fsp3) is 0. The SMILES string of the molecule is NNc1cc(-c2ccc(F)cc2)cs1. The molecule has 0 unspecified atom stereocenters. The molecule has 1 aromatic carbocycles. The van der Waals surface area contributed by atoms with E-state index >= 15 is 0 Å². The summed E-state index contributed by atoms with van der Waals surface area (Å²) in [6.07, 6.45) is 0. The summed E-state index contributed by atoms with van der Waals surface area (Å²) < 4.78 is 12.6. The van der Waals surface area contributed by atoms with Gasteiger partial charge in [0, 0.05) is 5.38 Å². The van der Waals surface area contributed by atoms with Gasteiger partial charge in [0.15, 0.2) is 0 Å². The van der Waals surface area contributed by atoms with Crippen molar-refractivity contribution < 1.29 is 4.39 Å². The molecule has 2 rings (SSSR count). The van der Waals surface area contributed by atoms with Crippen LogP contribution in [0.15, 0.2) is 35.7 Å². The van der Waals surface area contributed by atoms with E-state index in [9.17, 15) is 4.39 Å².